The highest BCUT2D eigenvalue weighted by Gasteiger charge is 2.18. The molecule has 2 rings (SSSR count). The average Bonchev–Trinajstić information content (AvgIpc) is 2.46. The van der Waals surface area contributed by atoms with E-state index in [-0.39, 0.29) is 0 Å². The van der Waals surface area contributed by atoms with E-state index >= 15 is 0 Å². The van der Waals surface area contributed by atoms with Gasteiger partial charge in [0.25, 0.3) is 0 Å². The zero-order chi connectivity index (χ0) is 14.4. The molecule has 0 saturated carbocycles. The number of morpholine rings is 1. The van der Waals surface area contributed by atoms with Gasteiger partial charge < -0.3 is 10.1 Å². The summed E-state index contributed by atoms with van der Waals surface area (Å²) in [6, 6.07) is 9.46. The molecule has 3 nitrogen and oxygen atoms in total. The molecule has 1 N–H and O–H groups in total. The molecule has 1 aromatic rings. The van der Waals surface area contributed by atoms with Gasteiger partial charge in [-0.15, -0.1) is 0 Å². The van der Waals surface area contributed by atoms with E-state index in [0.29, 0.717) is 12.1 Å². The molecule has 0 radical (unpaired) electrons. The fourth-order valence-corrected chi connectivity index (χ4v) is 2.59. The summed E-state index contributed by atoms with van der Waals surface area (Å²) in [5.74, 6) is 0. The van der Waals surface area contributed by atoms with Crippen LogP contribution in [0.1, 0.15) is 38.3 Å². The molecule has 1 saturated heterocycles. The molecule has 1 heterocycles. The number of rotatable bonds is 6. The van der Waals surface area contributed by atoms with Crippen molar-refractivity contribution < 1.29 is 4.74 Å². The third-order valence-electron chi connectivity index (χ3n) is 3.79. The van der Waals surface area contributed by atoms with Gasteiger partial charge in [0.15, 0.2) is 0 Å². The summed E-state index contributed by atoms with van der Waals surface area (Å²) in [6.45, 7) is 11.5. The third kappa shape index (κ3) is 4.89. The van der Waals surface area contributed by atoms with E-state index in [9.17, 15) is 0 Å². The second-order valence-corrected chi connectivity index (χ2v) is 5.99. The Balaban J connectivity index is 1.90. The Hall–Kier alpha value is -0.900. The van der Waals surface area contributed by atoms with Crippen molar-refractivity contribution in [3.05, 3.63) is 35.4 Å². The van der Waals surface area contributed by atoms with Gasteiger partial charge in [-0.25, -0.2) is 0 Å². The predicted molar refractivity (Wildman–Crippen MR) is 83.7 cm³/mol. The Kier molecular flexibility index (Phi) is 6.02. The van der Waals surface area contributed by atoms with Crippen molar-refractivity contribution >= 4 is 0 Å². The molecule has 0 bridgehead atoms. The van der Waals surface area contributed by atoms with Crippen LogP contribution in [0.5, 0.6) is 0 Å². The molecule has 1 atom stereocenters. The van der Waals surface area contributed by atoms with Crippen molar-refractivity contribution in [3.8, 4) is 0 Å². The van der Waals surface area contributed by atoms with Gasteiger partial charge in [-0.1, -0.05) is 45.0 Å². The zero-order valence-corrected chi connectivity index (χ0v) is 13.1. The van der Waals surface area contributed by atoms with Gasteiger partial charge in [-0.2, -0.15) is 0 Å². The van der Waals surface area contributed by atoms with Gasteiger partial charge in [0, 0.05) is 32.2 Å². The number of nitrogens with one attached hydrogen (secondary N) is 1. The van der Waals surface area contributed by atoms with Crippen molar-refractivity contribution in [1.29, 1.82) is 0 Å². The van der Waals surface area contributed by atoms with Crippen molar-refractivity contribution in [3.63, 3.8) is 0 Å². The van der Waals surface area contributed by atoms with Crippen LogP contribution in [-0.4, -0.2) is 36.7 Å². The molecule has 1 aromatic carbocycles. The van der Waals surface area contributed by atoms with Crippen molar-refractivity contribution in [2.45, 2.75) is 52.4 Å². The highest BCUT2D eigenvalue weighted by Crippen LogP contribution is 2.13. The minimum absolute atomic E-state index is 0.412. The largest absolute Gasteiger partial charge is 0.376 e. The molecule has 0 amide bonds. The van der Waals surface area contributed by atoms with Crippen LogP contribution in [0.15, 0.2) is 24.3 Å². The first-order chi connectivity index (χ1) is 9.67. The zero-order valence-electron chi connectivity index (χ0n) is 13.1. The van der Waals surface area contributed by atoms with Gasteiger partial charge in [-0.3, -0.25) is 4.90 Å². The van der Waals surface area contributed by atoms with Gasteiger partial charge in [-0.05, 0) is 17.5 Å². The van der Waals surface area contributed by atoms with Crippen LogP contribution < -0.4 is 5.32 Å². The molecule has 0 spiro atoms. The topological polar surface area (TPSA) is 24.5 Å². The lowest BCUT2D eigenvalue weighted by atomic mass is 10.1. The average molecular weight is 276 g/mol. The molecule has 20 heavy (non-hydrogen) atoms. The lowest BCUT2D eigenvalue weighted by Crippen LogP contribution is -2.41. The molecule has 3 heteroatoms. The standard InChI is InChI=1S/C17H28N2O/c1-4-17-13-19(8-9-20-17)12-16-7-5-6-15(10-16)11-18-14(2)3/h5-7,10,14,17-18H,4,8-9,11-13H2,1-3H3. The SMILES string of the molecule is CCC1CN(Cc2cccc(CNC(C)C)c2)CCO1. The lowest BCUT2D eigenvalue weighted by Gasteiger charge is -2.32. The number of benzene rings is 1. The van der Waals surface area contributed by atoms with E-state index in [1.165, 1.54) is 11.1 Å². The molecule has 0 aromatic heterocycles. The van der Waals surface area contributed by atoms with E-state index in [1.54, 1.807) is 0 Å². The minimum Gasteiger partial charge on any atom is -0.376 e. The first-order valence-electron chi connectivity index (χ1n) is 7.82. The van der Waals surface area contributed by atoms with Crippen molar-refractivity contribution in [2.24, 2.45) is 0 Å². The number of hydrogen-bond acceptors (Lipinski definition) is 3. The van der Waals surface area contributed by atoms with Crippen LogP contribution in [0.3, 0.4) is 0 Å². The van der Waals surface area contributed by atoms with Crippen LogP contribution in [0.2, 0.25) is 0 Å². The smallest absolute Gasteiger partial charge is 0.0700 e. The summed E-state index contributed by atoms with van der Waals surface area (Å²) in [4.78, 5) is 2.51. The van der Waals surface area contributed by atoms with Gasteiger partial charge in [0.1, 0.15) is 0 Å². The highest BCUT2D eigenvalue weighted by atomic mass is 16.5. The molecule has 1 aliphatic rings. The molecule has 1 unspecified atom stereocenters. The Morgan fingerprint density at radius 3 is 2.90 bits per heavy atom. The van der Waals surface area contributed by atoms with Gasteiger partial charge >= 0.3 is 0 Å². The van der Waals surface area contributed by atoms with E-state index in [0.717, 1.165) is 39.2 Å². The second-order valence-electron chi connectivity index (χ2n) is 5.99. The maximum atomic E-state index is 5.73. The molecule has 0 aliphatic carbocycles. The maximum absolute atomic E-state index is 5.73. The second kappa shape index (κ2) is 7.77. The minimum atomic E-state index is 0.412. The maximum Gasteiger partial charge on any atom is 0.0700 e. The fraction of sp³-hybridized carbons (Fsp3) is 0.647. The molecule has 112 valence electrons. The molecular formula is C17H28N2O. The normalized spacial score (nSPS) is 20.5. The summed E-state index contributed by atoms with van der Waals surface area (Å²) in [5.41, 5.74) is 2.78. The summed E-state index contributed by atoms with van der Waals surface area (Å²) in [6.07, 6.45) is 1.52. The Morgan fingerprint density at radius 2 is 2.15 bits per heavy atom. The van der Waals surface area contributed by atoms with E-state index in [4.69, 9.17) is 4.74 Å². The third-order valence-corrected chi connectivity index (χ3v) is 3.79. The summed E-state index contributed by atoms with van der Waals surface area (Å²) >= 11 is 0. The first-order valence-corrected chi connectivity index (χ1v) is 7.82. The highest BCUT2D eigenvalue weighted by molar-refractivity contribution is 5.23. The number of ether oxygens (including phenoxy) is 1. The van der Waals surface area contributed by atoms with Crippen LogP contribution in [-0.2, 0) is 17.8 Å². The first kappa shape index (κ1) is 15.5. The van der Waals surface area contributed by atoms with Crippen LogP contribution in [0.4, 0.5) is 0 Å². The number of hydrogen-bond donors (Lipinski definition) is 1. The number of nitrogens with zero attached hydrogens (tertiary/aromatic N) is 1. The monoisotopic (exact) mass is 276 g/mol. The van der Waals surface area contributed by atoms with E-state index < -0.39 is 0 Å². The molecular weight excluding hydrogens is 248 g/mol. The lowest BCUT2D eigenvalue weighted by molar-refractivity contribution is -0.0324. The summed E-state index contributed by atoms with van der Waals surface area (Å²) in [7, 11) is 0. The summed E-state index contributed by atoms with van der Waals surface area (Å²) in [5, 5.41) is 3.48. The van der Waals surface area contributed by atoms with Crippen LogP contribution in [0.25, 0.3) is 0 Å². The molecule has 1 aliphatic heterocycles. The van der Waals surface area contributed by atoms with E-state index in [2.05, 4.69) is 55.3 Å². The van der Waals surface area contributed by atoms with Crippen LogP contribution in [0, 0.1) is 0 Å². The van der Waals surface area contributed by atoms with Crippen molar-refractivity contribution in [1.82, 2.24) is 10.2 Å². The molecule has 1 fully saturated rings. The fourth-order valence-electron chi connectivity index (χ4n) is 2.59. The van der Waals surface area contributed by atoms with Gasteiger partial charge in [0.05, 0.1) is 12.7 Å². The van der Waals surface area contributed by atoms with Crippen molar-refractivity contribution in [2.75, 3.05) is 19.7 Å². The Bertz CT molecular complexity index is 406. The van der Waals surface area contributed by atoms with E-state index in [1.807, 2.05) is 0 Å². The quantitative estimate of drug-likeness (QED) is 0.864. The Morgan fingerprint density at radius 1 is 1.35 bits per heavy atom. The summed E-state index contributed by atoms with van der Waals surface area (Å²) < 4.78 is 5.73. The van der Waals surface area contributed by atoms with Gasteiger partial charge in [0.2, 0.25) is 0 Å². The Labute approximate surface area is 123 Å². The predicted octanol–water partition coefficient (Wildman–Crippen LogP) is 2.80. The van der Waals surface area contributed by atoms with Crippen LogP contribution >= 0.6 is 0 Å².